The Kier molecular flexibility index (Phi) is 7.84. The van der Waals surface area contributed by atoms with Gasteiger partial charge in [-0.3, -0.25) is 4.79 Å². The van der Waals surface area contributed by atoms with Crippen LogP contribution in [0.3, 0.4) is 0 Å². The van der Waals surface area contributed by atoms with E-state index in [9.17, 15) is 14.4 Å². The van der Waals surface area contributed by atoms with Crippen LogP contribution in [0.2, 0.25) is 0 Å². The van der Waals surface area contributed by atoms with Gasteiger partial charge in [0.25, 0.3) is 0 Å². The van der Waals surface area contributed by atoms with Crippen molar-refractivity contribution in [2.45, 2.75) is 64.8 Å². The van der Waals surface area contributed by atoms with Crippen LogP contribution >= 0.6 is 0 Å². The summed E-state index contributed by atoms with van der Waals surface area (Å²) in [6.45, 7) is 8.45. The van der Waals surface area contributed by atoms with Gasteiger partial charge < -0.3 is 25.1 Å². The van der Waals surface area contributed by atoms with Gasteiger partial charge in [-0.15, -0.1) is 0 Å². The second kappa shape index (κ2) is 10.6. The van der Waals surface area contributed by atoms with E-state index in [0.29, 0.717) is 0 Å². The van der Waals surface area contributed by atoms with Crippen molar-refractivity contribution in [3.05, 3.63) is 71.9 Å². The van der Waals surface area contributed by atoms with Crippen molar-refractivity contribution in [2.24, 2.45) is 0 Å². The number of carbonyl (C=O) groups excluding carboxylic acids is 3. The number of para-hydroxylation sites is 1. The van der Waals surface area contributed by atoms with Crippen LogP contribution in [0.25, 0.3) is 10.9 Å². The summed E-state index contributed by atoms with van der Waals surface area (Å²) >= 11 is 0. The number of nitrogens with one attached hydrogen (secondary N) is 3. The van der Waals surface area contributed by atoms with E-state index in [1.165, 1.54) is 0 Å². The smallest absolute Gasteiger partial charge is 0.408 e. The number of carbonyl (C=O) groups is 3. The largest absolute Gasteiger partial charge is 0.459 e. The molecule has 1 heterocycles. The van der Waals surface area contributed by atoms with Crippen LogP contribution in [0.1, 0.15) is 45.7 Å². The highest BCUT2D eigenvalue weighted by Gasteiger charge is 2.35. The molecule has 2 aromatic carbocycles. The van der Waals surface area contributed by atoms with Crippen molar-refractivity contribution in [3.8, 4) is 0 Å². The van der Waals surface area contributed by atoms with Gasteiger partial charge in [0.1, 0.15) is 23.8 Å². The first-order valence-electron chi connectivity index (χ1n) is 11.5. The third kappa shape index (κ3) is 7.34. The maximum absolute atomic E-state index is 13.3. The summed E-state index contributed by atoms with van der Waals surface area (Å²) in [5, 5.41) is 6.33. The molecule has 0 aliphatic rings. The molecule has 2 amide bonds. The zero-order chi connectivity index (χ0) is 25.6. The Balaban J connectivity index is 1.74. The Morgan fingerprint density at radius 2 is 1.60 bits per heavy atom. The molecule has 0 saturated heterocycles. The average molecular weight is 480 g/mol. The number of esters is 1. The molecule has 0 fully saturated rings. The molecule has 0 bridgehead atoms. The first-order chi connectivity index (χ1) is 16.4. The molecule has 35 heavy (non-hydrogen) atoms. The number of aromatic amines is 1. The van der Waals surface area contributed by atoms with E-state index in [-0.39, 0.29) is 13.0 Å². The summed E-state index contributed by atoms with van der Waals surface area (Å²) in [6, 6.07) is 16.0. The molecule has 1 atom stereocenters. The molecular weight excluding hydrogens is 446 g/mol. The maximum Gasteiger partial charge on any atom is 0.408 e. The second-order valence-corrected chi connectivity index (χ2v) is 9.94. The number of hydrogen-bond acceptors (Lipinski definition) is 5. The van der Waals surface area contributed by atoms with Crippen LogP contribution in [0.5, 0.6) is 0 Å². The number of rotatable bonds is 8. The normalized spacial score (nSPS) is 12.6. The van der Waals surface area contributed by atoms with E-state index in [1.807, 2.05) is 54.6 Å². The van der Waals surface area contributed by atoms with Gasteiger partial charge in [-0.25, -0.2) is 9.59 Å². The lowest BCUT2D eigenvalue weighted by atomic mass is 10.0. The fraction of sp³-hybridized carbons (Fsp3) is 0.370. The van der Waals surface area contributed by atoms with Gasteiger partial charge in [-0.05, 0) is 51.8 Å². The quantitative estimate of drug-likeness (QED) is 0.419. The van der Waals surface area contributed by atoms with Crippen LogP contribution in [0.4, 0.5) is 4.79 Å². The topological polar surface area (TPSA) is 110 Å². The standard InChI is InChI=1S/C27H33N3O5/c1-26(2,3)35-25(33)29-22(15-19-16-28-21-14-10-9-13-20(19)21)23(31)30-27(4,5)24(32)34-17-18-11-7-6-8-12-18/h6-14,16,22,28H,15,17H2,1-5H3,(H,29,33)(H,30,31)/t22-/m1/s1. The number of fused-ring (bicyclic) bond motifs is 1. The molecule has 0 radical (unpaired) electrons. The molecule has 3 aromatic rings. The molecule has 0 aliphatic heterocycles. The number of aromatic nitrogens is 1. The van der Waals surface area contributed by atoms with Crippen LogP contribution in [0, 0.1) is 0 Å². The molecular formula is C27H33N3O5. The van der Waals surface area contributed by atoms with Crippen molar-refractivity contribution in [1.82, 2.24) is 15.6 Å². The Bertz CT molecular complexity index is 1180. The van der Waals surface area contributed by atoms with Gasteiger partial charge in [-0.2, -0.15) is 0 Å². The first-order valence-corrected chi connectivity index (χ1v) is 11.5. The molecule has 8 nitrogen and oxygen atoms in total. The Labute approximate surface area is 205 Å². The molecule has 8 heteroatoms. The Hall–Kier alpha value is -3.81. The summed E-state index contributed by atoms with van der Waals surface area (Å²) in [5.41, 5.74) is 0.559. The zero-order valence-corrected chi connectivity index (χ0v) is 20.8. The van der Waals surface area contributed by atoms with Gasteiger partial charge in [0, 0.05) is 23.5 Å². The number of H-pyrrole nitrogens is 1. The third-order valence-electron chi connectivity index (χ3n) is 5.27. The summed E-state index contributed by atoms with van der Waals surface area (Å²) in [5.74, 6) is -1.11. The highest BCUT2D eigenvalue weighted by atomic mass is 16.6. The molecule has 3 N–H and O–H groups in total. The van der Waals surface area contributed by atoms with Crippen molar-refractivity contribution in [3.63, 3.8) is 0 Å². The van der Waals surface area contributed by atoms with Crippen LogP contribution in [-0.4, -0.2) is 40.1 Å². The highest BCUT2D eigenvalue weighted by molar-refractivity contribution is 5.92. The van der Waals surface area contributed by atoms with Crippen molar-refractivity contribution >= 4 is 28.9 Å². The molecule has 0 aliphatic carbocycles. The predicted molar refractivity (Wildman–Crippen MR) is 134 cm³/mol. The Morgan fingerprint density at radius 1 is 0.943 bits per heavy atom. The molecule has 1 aromatic heterocycles. The lowest BCUT2D eigenvalue weighted by Crippen LogP contribution is -2.57. The van der Waals surface area contributed by atoms with Gasteiger partial charge in [0.05, 0.1) is 0 Å². The molecule has 0 unspecified atom stereocenters. The number of ether oxygens (including phenoxy) is 2. The minimum absolute atomic E-state index is 0.0912. The highest BCUT2D eigenvalue weighted by Crippen LogP contribution is 2.20. The van der Waals surface area contributed by atoms with Crippen molar-refractivity contribution < 1.29 is 23.9 Å². The molecule has 0 spiro atoms. The minimum atomic E-state index is -1.32. The summed E-state index contributed by atoms with van der Waals surface area (Å²) in [4.78, 5) is 41.7. The van der Waals surface area contributed by atoms with Gasteiger partial charge in [0.15, 0.2) is 0 Å². The van der Waals surface area contributed by atoms with Gasteiger partial charge in [-0.1, -0.05) is 48.5 Å². The van der Waals surface area contributed by atoms with E-state index in [1.54, 1.807) is 40.8 Å². The molecule has 0 saturated carbocycles. The first kappa shape index (κ1) is 25.8. The molecule has 186 valence electrons. The predicted octanol–water partition coefficient (Wildman–Crippen LogP) is 4.24. The van der Waals surface area contributed by atoms with Crippen LogP contribution in [0.15, 0.2) is 60.8 Å². The average Bonchev–Trinajstić information content (AvgIpc) is 3.19. The van der Waals surface area contributed by atoms with Gasteiger partial charge in [0.2, 0.25) is 5.91 Å². The van der Waals surface area contributed by atoms with Crippen molar-refractivity contribution in [1.29, 1.82) is 0 Å². The zero-order valence-electron chi connectivity index (χ0n) is 20.8. The third-order valence-corrected chi connectivity index (χ3v) is 5.27. The van der Waals surface area contributed by atoms with E-state index in [2.05, 4.69) is 15.6 Å². The summed E-state index contributed by atoms with van der Waals surface area (Å²) in [7, 11) is 0. The SMILES string of the molecule is CC(C)(C)OC(=O)N[C@H](Cc1c[nH]c2ccccc12)C(=O)NC(C)(C)C(=O)OCc1ccccc1. The van der Waals surface area contributed by atoms with Gasteiger partial charge >= 0.3 is 12.1 Å². The fourth-order valence-electron chi connectivity index (χ4n) is 3.53. The van der Waals surface area contributed by atoms with E-state index in [0.717, 1.165) is 22.0 Å². The number of hydrogen-bond donors (Lipinski definition) is 3. The maximum atomic E-state index is 13.3. The lowest BCUT2D eigenvalue weighted by Gasteiger charge is -2.28. The fourth-order valence-corrected chi connectivity index (χ4v) is 3.53. The Morgan fingerprint density at radius 3 is 2.29 bits per heavy atom. The van der Waals surface area contributed by atoms with Crippen molar-refractivity contribution in [2.75, 3.05) is 0 Å². The van der Waals surface area contributed by atoms with E-state index >= 15 is 0 Å². The van der Waals surface area contributed by atoms with Crippen LogP contribution in [-0.2, 0) is 32.1 Å². The lowest BCUT2D eigenvalue weighted by molar-refractivity contribution is -0.153. The number of benzene rings is 2. The molecule has 3 rings (SSSR count). The summed E-state index contributed by atoms with van der Waals surface area (Å²) < 4.78 is 10.8. The van der Waals surface area contributed by atoms with Crippen LogP contribution < -0.4 is 10.6 Å². The number of amides is 2. The second-order valence-electron chi connectivity index (χ2n) is 9.94. The summed E-state index contributed by atoms with van der Waals surface area (Å²) in [6.07, 6.45) is 1.28. The minimum Gasteiger partial charge on any atom is -0.459 e. The number of alkyl carbamates (subject to hydrolysis) is 1. The van der Waals surface area contributed by atoms with E-state index in [4.69, 9.17) is 9.47 Å². The monoisotopic (exact) mass is 479 g/mol. The van der Waals surface area contributed by atoms with E-state index < -0.39 is 35.2 Å².